The quantitative estimate of drug-likeness (QED) is 0.548. The number of halogens is 2. The van der Waals surface area contributed by atoms with E-state index in [1.807, 2.05) is 14.1 Å². The summed E-state index contributed by atoms with van der Waals surface area (Å²) in [7, 11) is 3.98. The molecule has 1 aliphatic rings. The largest absolute Gasteiger partial charge is 0.325 e. The van der Waals surface area contributed by atoms with Gasteiger partial charge in [-0.1, -0.05) is 24.3 Å². The number of amides is 1. The number of anilines is 1. The first-order valence-corrected chi connectivity index (χ1v) is 9.32. The van der Waals surface area contributed by atoms with Crippen molar-refractivity contribution in [2.45, 2.75) is 6.42 Å². The van der Waals surface area contributed by atoms with Crippen molar-refractivity contribution in [3.05, 3.63) is 51.2 Å². The van der Waals surface area contributed by atoms with E-state index >= 15 is 0 Å². The molecule has 0 spiro atoms. The molecule has 0 atom stereocenters. The lowest BCUT2D eigenvalue weighted by Crippen LogP contribution is -2.29. The monoisotopic (exact) mass is 443 g/mol. The van der Waals surface area contributed by atoms with E-state index in [0.717, 1.165) is 13.1 Å². The third-order valence-corrected chi connectivity index (χ3v) is 5.16. The summed E-state index contributed by atoms with van der Waals surface area (Å²) in [5.74, 6) is -0.552. The van der Waals surface area contributed by atoms with Gasteiger partial charge in [0.05, 0.1) is 16.1 Å². The van der Waals surface area contributed by atoms with E-state index in [1.165, 1.54) is 11.3 Å². The van der Waals surface area contributed by atoms with E-state index in [1.54, 1.807) is 29.6 Å². The van der Waals surface area contributed by atoms with Crippen LogP contribution in [0.4, 0.5) is 5.69 Å². The van der Waals surface area contributed by atoms with Gasteiger partial charge in [-0.05, 0) is 14.1 Å². The normalized spacial score (nSPS) is 12.0. The van der Waals surface area contributed by atoms with E-state index in [2.05, 4.69) is 15.5 Å². The Morgan fingerprint density at radius 1 is 1.04 bits per heavy atom. The average Bonchev–Trinajstić information content (AvgIpc) is 3.03. The van der Waals surface area contributed by atoms with Crippen molar-refractivity contribution >= 4 is 59.3 Å². The maximum Gasteiger partial charge on any atom is 0.225 e. The number of rotatable bonds is 7. The minimum Gasteiger partial charge on any atom is -0.325 e. The van der Waals surface area contributed by atoms with Crippen LogP contribution >= 0.6 is 36.2 Å². The second-order valence-corrected chi connectivity index (χ2v) is 7.29. The summed E-state index contributed by atoms with van der Waals surface area (Å²) < 4.78 is 0. The summed E-state index contributed by atoms with van der Waals surface area (Å²) in [5, 5.41) is 7.65. The highest BCUT2D eigenvalue weighted by Gasteiger charge is 2.33. The van der Waals surface area contributed by atoms with E-state index < -0.39 is 0 Å². The molecule has 0 bridgehead atoms. The van der Waals surface area contributed by atoms with E-state index in [4.69, 9.17) is 0 Å². The van der Waals surface area contributed by atoms with E-state index in [9.17, 15) is 14.4 Å². The Labute approximate surface area is 180 Å². The number of hydrogen-bond acceptors (Lipinski definition) is 6. The third kappa shape index (κ3) is 5.18. The predicted octanol–water partition coefficient (Wildman–Crippen LogP) is 2.85. The molecular formula is C19H23Cl2N3O3S. The summed E-state index contributed by atoms with van der Waals surface area (Å²) in [6.45, 7) is 2.26. The first-order valence-electron chi connectivity index (χ1n) is 8.44. The van der Waals surface area contributed by atoms with Crippen molar-refractivity contribution < 1.29 is 14.4 Å². The van der Waals surface area contributed by atoms with Crippen LogP contribution < -0.4 is 10.6 Å². The molecule has 152 valence electrons. The highest BCUT2D eigenvalue weighted by Crippen LogP contribution is 2.36. The Hall–Kier alpha value is -1.77. The number of nitrogens with zero attached hydrogens (tertiary/aromatic N) is 1. The first-order chi connectivity index (χ1) is 12.5. The molecule has 0 aliphatic heterocycles. The Kier molecular flexibility index (Phi) is 9.26. The summed E-state index contributed by atoms with van der Waals surface area (Å²) in [4.78, 5) is 40.0. The molecule has 28 heavy (non-hydrogen) atoms. The van der Waals surface area contributed by atoms with Gasteiger partial charge in [0.1, 0.15) is 0 Å². The fourth-order valence-corrected chi connectivity index (χ4v) is 3.77. The smallest absolute Gasteiger partial charge is 0.225 e. The van der Waals surface area contributed by atoms with Crippen LogP contribution in [-0.2, 0) is 4.79 Å². The molecule has 1 aromatic carbocycles. The minimum atomic E-state index is -0.212. The number of thiophene rings is 1. The molecule has 9 heteroatoms. The summed E-state index contributed by atoms with van der Waals surface area (Å²) >= 11 is 1.20. The lowest BCUT2D eigenvalue weighted by atomic mass is 9.88. The minimum absolute atomic E-state index is 0. The molecule has 0 fully saturated rings. The zero-order valence-corrected chi connectivity index (χ0v) is 18.1. The Balaban J connectivity index is 0.00000196. The van der Waals surface area contributed by atoms with Gasteiger partial charge in [0, 0.05) is 42.6 Å². The molecule has 6 nitrogen and oxygen atoms in total. The van der Waals surface area contributed by atoms with Gasteiger partial charge in [0.2, 0.25) is 11.7 Å². The van der Waals surface area contributed by atoms with Crippen LogP contribution in [0.1, 0.15) is 37.6 Å². The number of likely N-dealkylation sites (N-methyl/N-ethyl adjacent to an activating group) is 1. The summed E-state index contributed by atoms with van der Waals surface area (Å²) in [6, 6.07) is 6.79. The van der Waals surface area contributed by atoms with Crippen LogP contribution in [0.5, 0.6) is 0 Å². The van der Waals surface area contributed by atoms with Crippen molar-refractivity contribution in [1.82, 2.24) is 10.2 Å². The highest BCUT2D eigenvalue weighted by atomic mass is 35.5. The van der Waals surface area contributed by atoms with Crippen molar-refractivity contribution in [2.24, 2.45) is 0 Å². The number of fused-ring (bicyclic) bond motifs is 2. The van der Waals surface area contributed by atoms with Crippen LogP contribution in [-0.4, -0.2) is 56.1 Å². The third-order valence-electron chi connectivity index (χ3n) is 4.18. The van der Waals surface area contributed by atoms with Crippen LogP contribution in [0, 0.1) is 0 Å². The highest BCUT2D eigenvalue weighted by molar-refractivity contribution is 7.13. The molecule has 1 aromatic heterocycles. The van der Waals surface area contributed by atoms with Crippen molar-refractivity contribution in [1.29, 1.82) is 0 Å². The standard InChI is InChI=1S/C19H21N3O3S.2ClH/c1-22(2)10-9-20-8-7-15(23)21-14-11-26-19-16(14)17(24)12-5-3-4-6-13(12)18(19)25;;/h3-6,11,20H,7-10H2,1-2H3,(H,21,23);2*1H. The van der Waals surface area contributed by atoms with Crippen LogP contribution in [0.25, 0.3) is 0 Å². The number of carbonyl (C=O) groups excluding carboxylic acids is 3. The van der Waals surface area contributed by atoms with E-state index in [0.29, 0.717) is 40.2 Å². The molecule has 1 aliphatic carbocycles. The summed E-state index contributed by atoms with van der Waals surface area (Å²) in [6.07, 6.45) is 0.302. The molecule has 0 radical (unpaired) electrons. The van der Waals surface area contributed by atoms with Gasteiger partial charge in [-0.15, -0.1) is 36.2 Å². The van der Waals surface area contributed by atoms with Crippen LogP contribution in [0.2, 0.25) is 0 Å². The van der Waals surface area contributed by atoms with Gasteiger partial charge < -0.3 is 15.5 Å². The molecule has 0 unspecified atom stereocenters. The maximum absolute atomic E-state index is 12.8. The SMILES string of the molecule is CN(C)CCNCCC(=O)Nc1csc2c1C(=O)c1ccccc1C2=O.Cl.Cl. The molecule has 2 aromatic rings. The van der Waals surface area contributed by atoms with Gasteiger partial charge >= 0.3 is 0 Å². The Bertz CT molecular complexity index is 868. The average molecular weight is 444 g/mol. The van der Waals surface area contributed by atoms with Gasteiger partial charge in [-0.2, -0.15) is 0 Å². The summed E-state index contributed by atoms with van der Waals surface area (Å²) in [5.41, 5.74) is 1.56. The zero-order chi connectivity index (χ0) is 18.7. The number of hydrogen-bond donors (Lipinski definition) is 2. The lowest BCUT2D eigenvalue weighted by molar-refractivity contribution is -0.116. The molecule has 1 amide bonds. The van der Waals surface area contributed by atoms with E-state index in [-0.39, 0.29) is 42.3 Å². The van der Waals surface area contributed by atoms with Crippen molar-refractivity contribution in [3.8, 4) is 0 Å². The van der Waals surface area contributed by atoms with Crippen LogP contribution in [0.3, 0.4) is 0 Å². The fraction of sp³-hybridized carbons (Fsp3) is 0.316. The topological polar surface area (TPSA) is 78.5 Å². The molecule has 0 saturated heterocycles. The molecule has 2 N–H and O–H groups in total. The van der Waals surface area contributed by atoms with Gasteiger partial charge in [-0.3, -0.25) is 14.4 Å². The first kappa shape index (κ1) is 24.3. The van der Waals surface area contributed by atoms with Gasteiger partial charge in [0.15, 0.2) is 5.78 Å². The zero-order valence-electron chi connectivity index (χ0n) is 15.6. The lowest BCUT2D eigenvalue weighted by Gasteiger charge is -2.15. The second-order valence-electron chi connectivity index (χ2n) is 6.41. The maximum atomic E-state index is 12.8. The number of nitrogens with one attached hydrogen (secondary N) is 2. The van der Waals surface area contributed by atoms with Crippen molar-refractivity contribution in [2.75, 3.05) is 39.0 Å². The second kappa shape index (κ2) is 10.7. The van der Waals surface area contributed by atoms with Crippen LogP contribution in [0.15, 0.2) is 29.6 Å². The molecule has 0 saturated carbocycles. The molecule has 3 rings (SSSR count). The van der Waals surface area contributed by atoms with Gasteiger partial charge in [-0.25, -0.2) is 0 Å². The number of carbonyl (C=O) groups is 3. The molecular weight excluding hydrogens is 421 g/mol. The fourth-order valence-electron chi connectivity index (χ4n) is 2.82. The number of ketones is 2. The number of benzene rings is 1. The Morgan fingerprint density at radius 2 is 1.68 bits per heavy atom. The molecule has 1 heterocycles. The van der Waals surface area contributed by atoms with Gasteiger partial charge in [0.25, 0.3) is 0 Å². The predicted molar refractivity (Wildman–Crippen MR) is 117 cm³/mol. The Morgan fingerprint density at radius 3 is 2.32 bits per heavy atom. The van der Waals surface area contributed by atoms with Crippen molar-refractivity contribution in [3.63, 3.8) is 0 Å².